The maximum absolute atomic E-state index is 11.4. The molecule has 0 amide bonds. The molecule has 136 valence electrons. The highest BCUT2D eigenvalue weighted by Crippen LogP contribution is 2.31. The third kappa shape index (κ3) is 6.07. The van der Waals surface area contributed by atoms with Crippen LogP contribution in [0.5, 0.6) is 17.2 Å². The smallest absolute Gasteiger partial charge is 0.298 e. The predicted octanol–water partition coefficient (Wildman–Crippen LogP) is 4.94. The largest absolute Gasteiger partial charge is 0.508 e. The van der Waals surface area contributed by atoms with E-state index < -0.39 is 10.1 Å². The molecule has 0 aliphatic heterocycles. The lowest BCUT2D eigenvalue weighted by Gasteiger charge is -2.11. The fraction of sp³-hybridized carbons (Fsp3) is 0.368. The third-order valence-corrected chi connectivity index (χ3v) is 4.77. The number of para-hydroxylation sites is 1. The van der Waals surface area contributed by atoms with E-state index in [9.17, 15) is 18.1 Å². The summed E-state index contributed by atoms with van der Waals surface area (Å²) in [7, 11) is -4.38. The van der Waals surface area contributed by atoms with Crippen molar-refractivity contribution in [2.24, 2.45) is 0 Å². The maximum Gasteiger partial charge on any atom is 0.298 e. The van der Waals surface area contributed by atoms with E-state index >= 15 is 0 Å². The molecule has 0 saturated carbocycles. The van der Waals surface area contributed by atoms with Crippen molar-refractivity contribution in [1.29, 1.82) is 0 Å². The predicted molar refractivity (Wildman–Crippen MR) is 96.9 cm³/mol. The number of hydrogen-bond acceptors (Lipinski definition) is 4. The van der Waals surface area contributed by atoms with Crippen LogP contribution in [-0.2, 0) is 16.5 Å². The maximum atomic E-state index is 11.4. The van der Waals surface area contributed by atoms with Crippen LogP contribution < -0.4 is 4.74 Å². The Morgan fingerprint density at radius 3 is 2.44 bits per heavy atom. The molecule has 0 aliphatic carbocycles. The van der Waals surface area contributed by atoms with Gasteiger partial charge in [-0.15, -0.1) is 0 Å². The van der Waals surface area contributed by atoms with Crippen LogP contribution in [0.2, 0.25) is 0 Å². The molecule has 0 saturated heterocycles. The summed E-state index contributed by atoms with van der Waals surface area (Å²) in [6.07, 6.45) is 6.57. The number of ether oxygens (including phenoxy) is 1. The van der Waals surface area contributed by atoms with Crippen LogP contribution in [0.4, 0.5) is 0 Å². The number of aryl methyl sites for hydroxylation is 1. The molecule has 5 nitrogen and oxygen atoms in total. The van der Waals surface area contributed by atoms with Gasteiger partial charge in [-0.1, -0.05) is 44.7 Å². The molecule has 0 radical (unpaired) electrons. The lowest BCUT2D eigenvalue weighted by molar-refractivity contribution is 0.439. The Labute approximate surface area is 149 Å². The molecule has 2 rings (SSSR count). The van der Waals surface area contributed by atoms with Gasteiger partial charge in [0.05, 0.1) is 0 Å². The Morgan fingerprint density at radius 2 is 1.72 bits per heavy atom. The highest BCUT2D eigenvalue weighted by molar-refractivity contribution is 7.86. The molecular formula is C19H24O5S. The zero-order chi connectivity index (χ0) is 18.3. The zero-order valence-electron chi connectivity index (χ0n) is 14.3. The topological polar surface area (TPSA) is 83.8 Å². The molecule has 0 atom stereocenters. The molecule has 2 aromatic carbocycles. The summed E-state index contributed by atoms with van der Waals surface area (Å²) in [5.74, 6) is 0.412. The first-order valence-electron chi connectivity index (χ1n) is 8.47. The Hall–Kier alpha value is -2.05. The van der Waals surface area contributed by atoms with Gasteiger partial charge in [-0.3, -0.25) is 4.55 Å². The number of benzene rings is 2. The summed E-state index contributed by atoms with van der Waals surface area (Å²) in [5.41, 5.74) is 0.927. The van der Waals surface area contributed by atoms with Gasteiger partial charge in [-0.25, -0.2) is 0 Å². The molecule has 0 unspecified atom stereocenters. The second kappa shape index (κ2) is 8.87. The minimum Gasteiger partial charge on any atom is -0.508 e. The fourth-order valence-electron chi connectivity index (χ4n) is 2.65. The van der Waals surface area contributed by atoms with Gasteiger partial charge in [0.15, 0.2) is 0 Å². The van der Waals surface area contributed by atoms with Gasteiger partial charge in [0, 0.05) is 6.07 Å². The van der Waals surface area contributed by atoms with E-state index in [1.165, 1.54) is 43.5 Å². The summed E-state index contributed by atoms with van der Waals surface area (Å²) in [4.78, 5) is -0.306. The first kappa shape index (κ1) is 19.3. The van der Waals surface area contributed by atoms with Gasteiger partial charge in [0.2, 0.25) is 0 Å². The Balaban J connectivity index is 2.13. The first-order chi connectivity index (χ1) is 11.9. The van der Waals surface area contributed by atoms with E-state index in [0.29, 0.717) is 5.75 Å². The molecule has 0 aromatic heterocycles. The molecule has 0 bridgehead atoms. The summed E-state index contributed by atoms with van der Waals surface area (Å²) in [6, 6.07) is 10.7. The van der Waals surface area contributed by atoms with E-state index in [1.54, 1.807) is 18.2 Å². The standard InChI is InChI=1S/C19H24O5S/c1-2-3-4-5-6-9-15-12-16(20)14-17(13-15)24-18-10-7-8-11-19(18)25(21,22)23/h7-8,10-14,20H,2-6,9H2,1H3,(H,21,22,23). The summed E-state index contributed by atoms with van der Waals surface area (Å²) in [5, 5.41) is 9.89. The van der Waals surface area contributed by atoms with Crippen molar-refractivity contribution in [2.75, 3.05) is 0 Å². The molecule has 0 spiro atoms. The first-order valence-corrected chi connectivity index (χ1v) is 9.91. The highest BCUT2D eigenvalue weighted by Gasteiger charge is 2.16. The monoisotopic (exact) mass is 364 g/mol. The van der Waals surface area contributed by atoms with Crippen LogP contribution in [0.1, 0.15) is 44.6 Å². The van der Waals surface area contributed by atoms with Gasteiger partial charge in [0.25, 0.3) is 10.1 Å². The van der Waals surface area contributed by atoms with Gasteiger partial charge < -0.3 is 9.84 Å². The second-order valence-electron chi connectivity index (χ2n) is 6.02. The van der Waals surface area contributed by atoms with E-state index in [-0.39, 0.29) is 16.4 Å². The van der Waals surface area contributed by atoms with Crippen molar-refractivity contribution in [1.82, 2.24) is 0 Å². The number of aromatic hydroxyl groups is 1. The average Bonchev–Trinajstić information content (AvgIpc) is 2.54. The van der Waals surface area contributed by atoms with Crippen molar-refractivity contribution in [2.45, 2.75) is 50.3 Å². The summed E-state index contributed by atoms with van der Waals surface area (Å²) < 4.78 is 37.8. The molecule has 0 heterocycles. The van der Waals surface area contributed by atoms with Gasteiger partial charge >= 0.3 is 0 Å². The van der Waals surface area contributed by atoms with Crippen molar-refractivity contribution < 1.29 is 22.8 Å². The Kier molecular flexibility index (Phi) is 6.84. The van der Waals surface area contributed by atoms with E-state index in [1.807, 2.05) is 0 Å². The molecular weight excluding hydrogens is 340 g/mol. The van der Waals surface area contributed by atoms with Crippen LogP contribution in [0.3, 0.4) is 0 Å². The minimum atomic E-state index is -4.38. The number of rotatable bonds is 9. The quantitative estimate of drug-likeness (QED) is 0.486. The second-order valence-corrected chi connectivity index (χ2v) is 7.41. The highest BCUT2D eigenvalue weighted by atomic mass is 32.2. The van der Waals surface area contributed by atoms with Crippen LogP contribution in [0.25, 0.3) is 0 Å². The Morgan fingerprint density at radius 1 is 1.00 bits per heavy atom. The minimum absolute atomic E-state index is 0.0181. The molecule has 0 fully saturated rings. The molecule has 0 aliphatic rings. The fourth-order valence-corrected chi connectivity index (χ4v) is 3.27. The SMILES string of the molecule is CCCCCCCc1cc(O)cc(Oc2ccccc2S(=O)(=O)O)c1. The number of unbranched alkanes of at least 4 members (excludes halogenated alkanes) is 4. The summed E-state index contributed by atoms with van der Waals surface area (Å²) in [6.45, 7) is 2.17. The molecule has 2 N–H and O–H groups in total. The van der Waals surface area contributed by atoms with Crippen molar-refractivity contribution in [3.05, 3.63) is 48.0 Å². The van der Waals surface area contributed by atoms with Crippen molar-refractivity contribution in [3.8, 4) is 17.2 Å². The van der Waals surface area contributed by atoms with E-state index in [0.717, 1.165) is 24.8 Å². The van der Waals surface area contributed by atoms with Crippen LogP contribution in [0, 0.1) is 0 Å². The average molecular weight is 364 g/mol. The number of phenols is 1. The lowest BCUT2D eigenvalue weighted by atomic mass is 10.0. The van der Waals surface area contributed by atoms with E-state index in [4.69, 9.17) is 4.74 Å². The number of hydrogen-bond donors (Lipinski definition) is 2. The lowest BCUT2D eigenvalue weighted by Crippen LogP contribution is -2.01. The molecule has 25 heavy (non-hydrogen) atoms. The van der Waals surface area contributed by atoms with Gasteiger partial charge in [0.1, 0.15) is 22.1 Å². The van der Waals surface area contributed by atoms with Crippen LogP contribution >= 0.6 is 0 Å². The molecule has 2 aromatic rings. The van der Waals surface area contributed by atoms with Crippen LogP contribution in [-0.4, -0.2) is 18.1 Å². The van der Waals surface area contributed by atoms with Crippen molar-refractivity contribution in [3.63, 3.8) is 0 Å². The van der Waals surface area contributed by atoms with Gasteiger partial charge in [-0.05, 0) is 42.7 Å². The Bertz CT molecular complexity index is 799. The van der Waals surface area contributed by atoms with E-state index in [2.05, 4.69) is 6.92 Å². The van der Waals surface area contributed by atoms with Crippen LogP contribution in [0.15, 0.2) is 47.4 Å². The molecule has 6 heteroatoms. The van der Waals surface area contributed by atoms with Crippen molar-refractivity contribution >= 4 is 10.1 Å². The number of phenolic OH excluding ortho intramolecular Hbond substituents is 1. The zero-order valence-corrected chi connectivity index (χ0v) is 15.1. The van der Waals surface area contributed by atoms with Gasteiger partial charge in [-0.2, -0.15) is 8.42 Å². The third-order valence-electron chi connectivity index (χ3n) is 3.87. The summed E-state index contributed by atoms with van der Waals surface area (Å²) >= 11 is 0. The normalized spacial score (nSPS) is 11.4.